The zero-order chi connectivity index (χ0) is 20.0. The summed E-state index contributed by atoms with van der Waals surface area (Å²) in [6, 6.07) is 7.72. The first-order chi connectivity index (χ1) is 12.8. The fraction of sp³-hybridized carbons (Fsp3) is 0.350. The number of carbonyl (C=O) groups is 3. The third-order valence-electron chi connectivity index (χ3n) is 3.94. The highest BCUT2D eigenvalue weighted by molar-refractivity contribution is 8.00. The summed E-state index contributed by atoms with van der Waals surface area (Å²) in [7, 11) is 0. The fourth-order valence-corrected chi connectivity index (χ4v) is 3.53. The lowest BCUT2D eigenvalue weighted by Crippen LogP contribution is -2.19. The van der Waals surface area contributed by atoms with Crippen LogP contribution in [0.4, 0.5) is 0 Å². The van der Waals surface area contributed by atoms with Gasteiger partial charge in [-0.05, 0) is 39.3 Å². The average Bonchev–Trinajstić information content (AvgIpc) is 2.93. The molecule has 27 heavy (non-hydrogen) atoms. The van der Waals surface area contributed by atoms with E-state index in [0.29, 0.717) is 11.4 Å². The van der Waals surface area contributed by atoms with Gasteiger partial charge in [-0.2, -0.15) is 0 Å². The molecule has 0 unspecified atom stereocenters. The predicted octanol–water partition coefficient (Wildman–Crippen LogP) is 3.63. The number of H-pyrrole nitrogens is 1. The molecule has 0 aliphatic heterocycles. The summed E-state index contributed by atoms with van der Waals surface area (Å²) in [4.78, 5) is 40.6. The second-order valence-electron chi connectivity index (χ2n) is 5.98. The van der Waals surface area contributed by atoms with E-state index in [-0.39, 0.29) is 23.5 Å². The van der Waals surface area contributed by atoms with E-state index >= 15 is 0 Å². The average molecular weight is 389 g/mol. The van der Waals surface area contributed by atoms with Gasteiger partial charge in [0.2, 0.25) is 5.78 Å². The van der Waals surface area contributed by atoms with Crippen LogP contribution in [0.3, 0.4) is 0 Å². The van der Waals surface area contributed by atoms with Crippen LogP contribution in [0.15, 0.2) is 29.2 Å². The molecule has 0 fully saturated rings. The van der Waals surface area contributed by atoms with Crippen molar-refractivity contribution in [1.29, 1.82) is 0 Å². The molecule has 2 rings (SSSR count). The van der Waals surface area contributed by atoms with Gasteiger partial charge >= 0.3 is 11.9 Å². The maximum Gasteiger partial charge on any atom is 0.340 e. The van der Waals surface area contributed by atoms with Gasteiger partial charge in [0.05, 0.1) is 23.5 Å². The molecule has 0 saturated heterocycles. The Morgan fingerprint density at radius 3 is 2.33 bits per heavy atom. The van der Waals surface area contributed by atoms with E-state index in [1.54, 1.807) is 20.8 Å². The SMILES string of the molecule is CCOC(=O)c1c(C)[nH]c(C)c1C(=O)COC(=O)CSc1ccccc1C. The molecule has 0 saturated carbocycles. The second-order valence-corrected chi connectivity index (χ2v) is 7.00. The van der Waals surface area contributed by atoms with Crippen LogP contribution in [0.2, 0.25) is 0 Å². The van der Waals surface area contributed by atoms with Gasteiger partial charge in [-0.15, -0.1) is 11.8 Å². The molecule has 144 valence electrons. The number of aryl methyl sites for hydroxylation is 3. The lowest BCUT2D eigenvalue weighted by Gasteiger charge is -2.08. The molecule has 1 heterocycles. The highest BCUT2D eigenvalue weighted by Gasteiger charge is 2.26. The van der Waals surface area contributed by atoms with Crippen LogP contribution in [0, 0.1) is 20.8 Å². The maximum atomic E-state index is 12.5. The van der Waals surface area contributed by atoms with E-state index in [4.69, 9.17) is 9.47 Å². The first kappa shape index (κ1) is 20.8. The zero-order valence-electron chi connectivity index (χ0n) is 15.9. The lowest BCUT2D eigenvalue weighted by molar-refractivity contribution is -0.139. The summed E-state index contributed by atoms with van der Waals surface area (Å²) in [5.41, 5.74) is 2.58. The van der Waals surface area contributed by atoms with Crippen LogP contribution in [-0.4, -0.2) is 41.7 Å². The fourth-order valence-electron chi connectivity index (χ4n) is 2.70. The number of nitrogens with one attached hydrogen (secondary N) is 1. The van der Waals surface area contributed by atoms with Gasteiger partial charge in [0.25, 0.3) is 0 Å². The summed E-state index contributed by atoms with van der Waals surface area (Å²) >= 11 is 1.36. The lowest BCUT2D eigenvalue weighted by atomic mass is 10.1. The van der Waals surface area contributed by atoms with Crippen LogP contribution in [-0.2, 0) is 14.3 Å². The van der Waals surface area contributed by atoms with Gasteiger partial charge in [-0.3, -0.25) is 9.59 Å². The van der Waals surface area contributed by atoms with E-state index in [1.165, 1.54) is 11.8 Å². The number of thioether (sulfide) groups is 1. The number of carbonyl (C=O) groups excluding carboxylic acids is 3. The Labute approximate surface area is 162 Å². The van der Waals surface area contributed by atoms with Crippen LogP contribution in [0.5, 0.6) is 0 Å². The number of hydrogen-bond donors (Lipinski definition) is 1. The number of benzene rings is 1. The number of ether oxygens (including phenoxy) is 2. The number of rotatable bonds is 8. The molecular weight excluding hydrogens is 366 g/mol. The van der Waals surface area contributed by atoms with Gasteiger partial charge in [-0.1, -0.05) is 18.2 Å². The minimum Gasteiger partial charge on any atom is -0.462 e. The van der Waals surface area contributed by atoms with Gasteiger partial charge in [-0.25, -0.2) is 4.79 Å². The molecule has 0 aliphatic rings. The molecule has 0 amide bonds. The molecule has 0 atom stereocenters. The summed E-state index contributed by atoms with van der Waals surface area (Å²) < 4.78 is 10.1. The first-order valence-electron chi connectivity index (χ1n) is 8.58. The van der Waals surface area contributed by atoms with E-state index < -0.39 is 24.3 Å². The van der Waals surface area contributed by atoms with E-state index in [0.717, 1.165) is 10.5 Å². The summed E-state index contributed by atoms with van der Waals surface area (Å²) in [6.45, 7) is 6.84. The van der Waals surface area contributed by atoms with Crippen molar-refractivity contribution in [2.75, 3.05) is 19.0 Å². The molecular formula is C20H23NO5S. The van der Waals surface area contributed by atoms with Crippen molar-refractivity contribution in [2.45, 2.75) is 32.6 Å². The van der Waals surface area contributed by atoms with Gasteiger partial charge in [0, 0.05) is 16.3 Å². The largest absolute Gasteiger partial charge is 0.462 e. The van der Waals surface area contributed by atoms with E-state index in [2.05, 4.69) is 4.98 Å². The number of hydrogen-bond acceptors (Lipinski definition) is 6. The quantitative estimate of drug-likeness (QED) is 0.421. The number of aromatic amines is 1. The Kier molecular flexibility index (Phi) is 7.24. The molecule has 0 radical (unpaired) electrons. The van der Waals surface area contributed by atoms with Crippen molar-refractivity contribution in [3.63, 3.8) is 0 Å². The topological polar surface area (TPSA) is 85.5 Å². The first-order valence-corrected chi connectivity index (χ1v) is 9.57. The highest BCUT2D eigenvalue weighted by Crippen LogP contribution is 2.22. The minimum absolute atomic E-state index is 0.105. The van der Waals surface area contributed by atoms with E-state index in [1.807, 2.05) is 31.2 Å². The van der Waals surface area contributed by atoms with Crippen molar-refractivity contribution < 1.29 is 23.9 Å². The molecule has 1 aromatic carbocycles. The smallest absolute Gasteiger partial charge is 0.340 e. The third kappa shape index (κ3) is 5.23. The van der Waals surface area contributed by atoms with Gasteiger partial charge in [0.1, 0.15) is 0 Å². The van der Waals surface area contributed by atoms with Crippen molar-refractivity contribution >= 4 is 29.5 Å². The van der Waals surface area contributed by atoms with Crippen molar-refractivity contribution in [3.05, 3.63) is 52.3 Å². The monoisotopic (exact) mass is 389 g/mol. The van der Waals surface area contributed by atoms with Crippen LogP contribution >= 0.6 is 11.8 Å². The molecule has 7 heteroatoms. The van der Waals surface area contributed by atoms with Crippen molar-refractivity contribution in [1.82, 2.24) is 4.98 Å². The maximum absolute atomic E-state index is 12.5. The normalized spacial score (nSPS) is 10.5. The second kappa shape index (κ2) is 9.41. The Bertz CT molecular complexity index is 856. The molecule has 0 aliphatic carbocycles. The van der Waals surface area contributed by atoms with Gasteiger partial charge in [0.15, 0.2) is 6.61 Å². The molecule has 2 aromatic rings. The zero-order valence-corrected chi connectivity index (χ0v) is 16.7. The Morgan fingerprint density at radius 1 is 1.00 bits per heavy atom. The Hall–Kier alpha value is -2.54. The molecule has 0 spiro atoms. The van der Waals surface area contributed by atoms with Gasteiger partial charge < -0.3 is 14.5 Å². The van der Waals surface area contributed by atoms with Crippen molar-refractivity contribution in [2.24, 2.45) is 0 Å². The molecule has 1 N–H and O–H groups in total. The summed E-state index contributed by atoms with van der Waals surface area (Å²) in [6.07, 6.45) is 0. The number of Topliss-reactive ketones (excluding diaryl/α,β-unsaturated/α-hetero) is 1. The standard InChI is InChI=1S/C20H23NO5S/c1-5-25-20(24)19-14(4)21-13(3)18(19)15(22)10-26-17(23)11-27-16-9-7-6-8-12(16)2/h6-9,21H,5,10-11H2,1-4H3. The predicted molar refractivity (Wildman–Crippen MR) is 103 cm³/mol. The summed E-state index contributed by atoms with van der Waals surface area (Å²) in [5, 5.41) is 0. The highest BCUT2D eigenvalue weighted by atomic mass is 32.2. The number of esters is 2. The van der Waals surface area contributed by atoms with E-state index in [9.17, 15) is 14.4 Å². The Morgan fingerprint density at radius 2 is 1.67 bits per heavy atom. The molecule has 6 nitrogen and oxygen atoms in total. The number of ketones is 1. The molecule has 1 aromatic heterocycles. The minimum atomic E-state index is -0.566. The Balaban J connectivity index is 1.98. The third-order valence-corrected chi connectivity index (χ3v) is 5.09. The number of aromatic nitrogens is 1. The van der Waals surface area contributed by atoms with Crippen LogP contribution in [0.1, 0.15) is 44.6 Å². The molecule has 0 bridgehead atoms. The van der Waals surface area contributed by atoms with Crippen LogP contribution < -0.4 is 0 Å². The van der Waals surface area contributed by atoms with Crippen molar-refractivity contribution in [3.8, 4) is 0 Å². The van der Waals surface area contributed by atoms with Crippen LogP contribution in [0.25, 0.3) is 0 Å². The summed E-state index contributed by atoms with van der Waals surface area (Å²) in [5.74, 6) is -1.38.